The van der Waals surface area contributed by atoms with Crippen molar-refractivity contribution in [2.24, 2.45) is 0 Å². The molecule has 4 aromatic rings. The second kappa shape index (κ2) is 7.82. The zero-order chi connectivity index (χ0) is 21.5. The Hall–Kier alpha value is -3.18. The van der Waals surface area contributed by atoms with E-state index < -0.39 is 6.04 Å². The van der Waals surface area contributed by atoms with Gasteiger partial charge in [-0.2, -0.15) is 0 Å². The minimum atomic E-state index is -0.492. The van der Waals surface area contributed by atoms with Gasteiger partial charge >= 0.3 is 0 Å². The smallest absolute Gasteiger partial charge is 0.291 e. The standard InChI is InChI=1S/C26H20BrNO3/c1-2-16-8-10-18(11-9-16)23-22-24(29)20-14-19(27)12-13-21(20)31-25(22)26(30)28(23)15-17-6-4-3-5-7-17/h3-14,23H,2,15H2,1H3/t23-/m0/s1. The molecule has 3 aromatic carbocycles. The fraction of sp³-hybridized carbons (Fsp3) is 0.154. The molecule has 4 nitrogen and oxygen atoms in total. The molecule has 0 N–H and O–H groups in total. The van der Waals surface area contributed by atoms with Gasteiger partial charge in [-0.25, -0.2) is 0 Å². The summed E-state index contributed by atoms with van der Waals surface area (Å²) in [5.74, 6) is -0.120. The monoisotopic (exact) mass is 473 g/mol. The highest BCUT2D eigenvalue weighted by molar-refractivity contribution is 9.10. The van der Waals surface area contributed by atoms with Gasteiger partial charge in [-0.05, 0) is 41.3 Å². The van der Waals surface area contributed by atoms with Crippen LogP contribution < -0.4 is 5.43 Å². The molecule has 154 valence electrons. The van der Waals surface area contributed by atoms with Gasteiger partial charge in [0.1, 0.15) is 5.58 Å². The van der Waals surface area contributed by atoms with Gasteiger partial charge in [0.25, 0.3) is 5.91 Å². The lowest BCUT2D eigenvalue weighted by Gasteiger charge is -2.25. The molecule has 0 bridgehead atoms. The number of benzene rings is 3. The highest BCUT2D eigenvalue weighted by Gasteiger charge is 2.42. The summed E-state index contributed by atoms with van der Waals surface area (Å²) in [7, 11) is 0. The molecule has 0 aliphatic carbocycles. The first-order valence-electron chi connectivity index (χ1n) is 10.3. The molecule has 5 heteroatoms. The van der Waals surface area contributed by atoms with E-state index in [4.69, 9.17) is 4.42 Å². The van der Waals surface area contributed by atoms with Gasteiger partial charge < -0.3 is 9.32 Å². The van der Waals surface area contributed by atoms with Crippen LogP contribution in [0.4, 0.5) is 0 Å². The number of carbonyl (C=O) groups is 1. The molecule has 1 aliphatic rings. The van der Waals surface area contributed by atoms with Gasteiger partial charge in [0.2, 0.25) is 5.76 Å². The SMILES string of the molecule is CCc1ccc([C@H]2c3c(oc4ccc(Br)cc4c3=O)C(=O)N2Cc2ccccc2)cc1. The van der Waals surface area contributed by atoms with Gasteiger partial charge in [0.15, 0.2) is 5.43 Å². The van der Waals surface area contributed by atoms with E-state index in [1.165, 1.54) is 5.56 Å². The first-order chi connectivity index (χ1) is 15.1. The molecule has 0 saturated carbocycles. The predicted molar refractivity (Wildman–Crippen MR) is 124 cm³/mol. The highest BCUT2D eigenvalue weighted by Crippen LogP contribution is 2.39. The number of fused-ring (bicyclic) bond motifs is 2. The number of aryl methyl sites for hydroxylation is 1. The number of nitrogens with zero attached hydrogens (tertiary/aromatic N) is 1. The van der Waals surface area contributed by atoms with Gasteiger partial charge in [-0.1, -0.05) is 77.5 Å². The van der Waals surface area contributed by atoms with Crippen molar-refractivity contribution in [1.29, 1.82) is 0 Å². The van der Waals surface area contributed by atoms with Crippen molar-refractivity contribution in [2.75, 3.05) is 0 Å². The molecule has 2 heterocycles. The summed E-state index contributed by atoms with van der Waals surface area (Å²) in [5, 5.41) is 0.470. The molecule has 0 spiro atoms. The summed E-state index contributed by atoms with van der Waals surface area (Å²) in [6, 6.07) is 22.7. The van der Waals surface area contributed by atoms with Crippen molar-refractivity contribution in [3.63, 3.8) is 0 Å². The fourth-order valence-electron chi connectivity index (χ4n) is 4.22. The molecule has 31 heavy (non-hydrogen) atoms. The third kappa shape index (κ3) is 3.39. The molecule has 5 rings (SSSR count). The number of halogens is 1. The van der Waals surface area contributed by atoms with E-state index in [9.17, 15) is 9.59 Å². The van der Waals surface area contributed by atoms with E-state index in [-0.39, 0.29) is 17.1 Å². The first kappa shape index (κ1) is 19.8. The maximum absolute atomic E-state index is 13.6. The van der Waals surface area contributed by atoms with Crippen LogP contribution in [0.15, 0.2) is 86.5 Å². The summed E-state index contributed by atoms with van der Waals surface area (Å²) < 4.78 is 6.80. The Morgan fingerprint density at radius 3 is 2.39 bits per heavy atom. The van der Waals surface area contributed by atoms with Crippen LogP contribution in [0.1, 0.15) is 45.8 Å². The van der Waals surface area contributed by atoms with Gasteiger partial charge in [-0.3, -0.25) is 9.59 Å². The molecule has 1 aliphatic heterocycles. The lowest BCUT2D eigenvalue weighted by Crippen LogP contribution is -2.29. The molecular formula is C26H20BrNO3. The van der Waals surface area contributed by atoms with E-state index in [0.717, 1.165) is 22.0 Å². The maximum atomic E-state index is 13.6. The van der Waals surface area contributed by atoms with Gasteiger partial charge in [0.05, 0.1) is 17.0 Å². The second-order valence-electron chi connectivity index (χ2n) is 7.73. The lowest BCUT2D eigenvalue weighted by atomic mass is 9.97. The second-order valence-corrected chi connectivity index (χ2v) is 8.65. The summed E-state index contributed by atoms with van der Waals surface area (Å²) >= 11 is 3.43. The summed E-state index contributed by atoms with van der Waals surface area (Å²) in [4.78, 5) is 28.8. The lowest BCUT2D eigenvalue weighted by molar-refractivity contribution is 0.0714. The number of amides is 1. The van der Waals surface area contributed by atoms with Crippen molar-refractivity contribution in [3.8, 4) is 0 Å². The summed E-state index contributed by atoms with van der Waals surface area (Å²) in [6.07, 6.45) is 0.926. The van der Waals surface area contributed by atoms with Crippen molar-refractivity contribution in [2.45, 2.75) is 25.9 Å². The number of rotatable bonds is 4. The summed E-state index contributed by atoms with van der Waals surface area (Å²) in [5.41, 5.74) is 3.78. The van der Waals surface area contributed by atoms with E-state index in [1.807, 2.05) is 42.5 Å². The van der Waals surface area contributed by atoms with Crippen LogP contribution in [0, 0.1) is 0 Å². The van der Waals surface area contributed by atoms with Crippen molar-refractivity contribution in [3.05, 3.63) is 116 Å². The third-order valence-electron chi connectivity index (χ3n) is 5.83. The Morgan fingerprint density at radius 1 is 0.935 bits per heavy atom. The zero-order valence-corrected chi connectivity index (χ0v) is 18.6. The minimum Gasteiger partial charge on any atom is -0.450 e. The molecule has 0 radical (unpaired) electrons. The molecular weight excluding hydrogens is 454 g/mol. The first-order valence-corrected chi connectivity index (χ1v) is 11.1. The molecule has 0 saturated heterocycles. The average Bonchev–Trinajstić information content (AvgIpc) is 3.07. The van der Waals surface area contributed by atoms with Crippen LogP contribution in [0.2, 0.25) is 0 Å². The Balaban J connectivity index is 1.72. The third-order valence-corrected chi connectivity index (χ3v) is 6.32. The predicted octanol–water partition coefficient (Wildman–Crippen LogP) is 5.86. The van der Waals surface area contributed by atoms with Crippen molar-refractivity contribution < 1.29 is 9.21 Å². The van der Waals surface area contributed by atoms with E-state index in [2.05, 4.69) is 35.0 Å². The summed E-state index contributed by atoms with van der Waals surface area (Å²) in [6.45, 7) is 2.49. The van der Waals surface area contributed by atoms with Crippen LogP contribution in [-0.4, -0.2) is 10.8 Å². The van der Waals surface area contributed by atoms with E-state index in [1.54, 1.807) is 23.1 Å². The number of hydrogen-bond donors (Lipinski definition) is 0. The largest absolute Gasteiger partial charge is 0.450 e. The normalized spacial score (nSPS) is 15.5. The molecule has 1 aromatic heterocycles. The van der Waals surface area contributed by atoms with Crippen LogP contribution in [0.25, 0.3) is 11.0 Å². The fourth-order valence-corrected chi connectivity index (χ4v) is 4.58. The van der Waals surface area contributed by atoms with Crippen LogP contribution >= 0.6 is 15.9 Å². The molecule has 0 unspecified atom stereocenters. The Kier molecular flexibility index (Phi) is 4.98. The Labute approximate surface area is 188 Å². The van der Waals surface area contributed by atoms with Crippen molar-refractivity contribution in [1.82, 2.24) is 4.90 Å². The topological polar surface area (TPSA) is 50.5 Å². The van der Waals surface area contributed by atoms with E-state index in [0.29, 0.717) is 23.1 Å². The number of hydrogen-bond acceptors (Lipinski definition) is 3. The van der Waals surface area contributed by atoms with Crippen LogP contribution in [-0.2, 0) is 13.0 Å². The molecule has 0 fully saturated rings. The Bertz CT molecular complexity index is 1340. The van der Waals surface area contributed by atoms with Gasteiger partial charge in [0, 0.05) is 11.0 Å². The van der Waals surface area contributed by atoms with Crippen LogP contribution in [0.3, 0.4) is 0 Å². The van der Waals surface area contributed by atoms with Crippen LogP contribution in [0.5, 0.6) is 0 Å². The average molecular weight is 474 g/mol. The number of carbonyl (C=O) groups excluding carboxylic acids is 1. The van der Waals surface area contributed by atoms with Gasteiger partial charge in [-0.15, -0.1) is 0 Å². The Morgan fingerprint density at radius 2 is 1.68 bits per heavy atom. The minimum absolute atomic E-state index is 0.139. The quantitative estimate of drug-likeness (QED) is 0.372. The zero-order valence-electron chi connectivity index (χ0n) is 17.0. The molecule has 1 atom stereocenters. The highest BCUT2D eigenvalue weighted by atomic mass is 79.9. The van der Waals surface area contributed by atoms with Crippen molar-refractivity contribution >= 4 is 32.8 Å². The molecule has 1 amide bonds. The van der Waals surface area contributed by atoms with E-state index >= 15 is 0 Å². The maximum Gasteiger partial charge on any atom is 0.291 e.